The Balaban J connectivity index is 2.60. The fourth-order valence-electron chi connectivity index (χ4n) is 1.37. The van der Waals surface area contributed by atoms with Crippen molar-refractivity contribution in [2.45, 2.75) is 13.3 Å². The second-order valence-corrected chi connectivity index (χ2v) is 3.84. The molecule has 0 aromatic heterocycles. The molecule has 0 saturated carbocycles. The number of hydrogen-bond acceptors (Lipinski definition) is 3. The molecule has 1 atom stereocenters. The van der Waals surface area contributed by atoms with E-state index in [0.717, 1.165) is 0 Å². The van der Waals surface area contributed by atoms with Gasteiger partial charge >= 0.3 is 0 Å². The highest BCUT2D eigenvalue weighted by atomic mass is 19.1. The molecule has 0 aliphatic rings. The Morgan fingerprint density at radius 3 is 2.88 bits per heavy atom. The maximum atomic E-state index is 13.1. The zero-order valence-electron chi connectivity index (χ0n) is 9.20. The molecule has 1 aromatic rings. The average molecular weight is 222 g/mol. The van der Waals surface area contributed by atoms with E-state index < -0.39 is 5.82 Å². The normalized spacial score (nSPS) is 11.9. The van der Waals surface area contributed by atoms with Gasteiger partial charge in [-0.3, -0.25) is 0 Å². The van der Waals surface area contributed by atoms with Crippen molar-refractivity contribution in [3.8, 4) is 6.07 Å². The molecule has 1 unspecified atom stereocenters. The Bertz CT molecular complexity index is 387. The molecule has 0 radical (unpaired) electrons. The van der Waals surface area contributed by atoms with Crippen LogP contribution in [0.4, 0.5) is 10.1 Å². The van der Waals surface area contributed by atoms with Gasteiger partial charge in [0.1, 0.15) is 5.82 Å². The first-order chi connectivity index (χ1) is 7.65. The maximum absolute atomic E-state index is 13.1. The van der Waals surface area contributed by atoms with Gasteiger partial charge in [-0.05, 0) is 30.5 Å². The summed E-state index contributed by atoms with van der Waals surface area (Å²) in [5, 5.41) is 20.4. The third-order valence-electron chi connectivity index (χ3n) is 2.30. The van der Waals surface area contributed by atoms with Crippen LogP contribution in [0.5, 0.6) is 0 Å². The van der Waals surface area contributed by atoms with E-state index in [4.69, 9.17) is 10.4 Å². The summed E-state index contributed by atoms with van der Waals surface area (Å²) in [5.74, 6) is -0.116. The first kappa shape index (κ1) is 12.5. The summed E-state index contributed by atoms with van der Waals surface area (Å²) < 4.78 is 13.1. The summed E-state index contributed by atoms with van der Waals surface area (Å²) in [6.07, 6.45) is 0.702. The summed E-state index contributed by atoms with van der Waals surface area (Å²) in [7, 11) is 0. The van der Waals surface area contributed by atoms with Gasteiger partial charge in [-0.1, -0.05) is 6.92 Å². The van der Waals surface area contributed by atoms with E-state index in [1.165, 1.54) is 12.1 Å². The Hall–Kier alpha value is -1.60. The molecule has 0 aliphatic carbocycles. The predicted octanol–water partition coefficient (Wildman–Crippen LogP) is 2.13. The van der Waals surface area contributed by atoms with Crippen LogP contribution in [0.3, 0.4) is 0 Å². The van der Waals surface area contributed by atoms with E-state index in [1.54, 1.807) is 6.07 Å². The number of nitrogens with zero attached hydrogens (tertiary/aromatic N) is 1. The number of hydrogen-bond donors (Lipinski definition) is 2. The minimum Gasteiger partial charge on any atom is -0.396 e. The van der Waals surface area contributed by atoms with Gasteiger partial charge in [0.05, 0.1) is 11.6 Å². The van der Waals surface area contributed by atoms with Crippen LogP contribution in [0.1, 0.15) is 18.9 Å². The molecule has 0 heterocycles. The molecule has 0 saturated heterocycles. The molecule has 3 nitrogen and oxygen atoms in total. The summed E-state index contributed by atoms with van der Waals surface area (Å²) in [6.45, 7) is 2.79. The van der Waals surface area contributed by atoms with Crippen molar-refractivity contribution in [1.82, 2.24) is 0 Å². The van der Waals surface area contributed by atoms with E-state index in [9.17, 15) is 4.39 Å². The molecular formula is C12H15FN2O. The van der Waals surface area contributed by atoms with Crippen molar-refractivity contribution in [3.63, 3.8) is 0 Å². The van der Waals surface area contributed by atoms with E-state index in [1.807, 2.05) is 13.0 Å². The number of nitriles is 1. The van der Waals surface area contributed by atoms with Gasteiger partial charge in [0.15, 0.2) is 0 Å². The lowest BCUT2D eigenvalue weighted by Crippen LogP contribution is -2.12. The molecule has 86 valence electrons. The highest BCUT2D eigenvalue weighted by molar-refractivity contribution is 5.49. The number of rotatable bonds is 5. The molecule has 0 fully saturated rings. The number of aliphatic hydroxyl groups excluding tert-OH is 1. The average Bonchev–Trinajstić information content (AvgIpc) is 2.26. The van der Waals surface area contributed by atoms with Crippen LogP contribution in [0.15, 0.2) is 18.2 Å². The monoisotopic (exact) mass is 222 g/mol. The van der Waals surface area contributed by atoms with Crippen molar-refractivity contribution in [2.75, 3.05) is 18.5 Å². The fraction of sp³-hybridized carbons (Fsp3) is 0.417. The van der Waals surface area contributed by atoms with Gasteiger partial charge in [-0.2, -0.15) is 5.26 Å². The van der Waals surface area contributed by atoms with Crippen LogP contribution in [-0.4, -0.2) is 18.3 Å². The molecule has 1 rings (SSSR count). The van der Waals surface area contributed by atoms with E-state index in [-0.39, 0.29) is 6.61 Å². The van der Waals surface area contributed by atoms with E-state index in [0.29, 0.717) is 30.1 Å². The Kier molecular flexibility index (Phi) is 4.74. The van der Waals surface area contributed by atoms with E-state index in [2.05, 4.69) is 5.32 Å². The highest BCUT2D eigenvalue weighted by Crippen LogP contribution is 2.14. The largest absolute Gasteiger partial charge is 0.396 e. The molecule has 16 heavy (non-hydrogen) atoms. The van der Waals surface area contributed by atoms with Crippen molar-refractivity contribution in [3.05, 3.63) is 29.6 Å². The molecular weight excluding hydrogens is 207 g/mol. The third-order valence-corrected chi connectivity index (χ3v) is 2.30. The topological polar surface area (TPSA) is 56.0 Å². The Morgan fingerprint density at radius 2 is 2.25 bits per heavy atom. The minimum absolute atomic E-state index is 0.148. The summed E-state index contributed by atoms with van der Waals surface area (Å²) in [6, 6.07) is 6.06. The molecule has 0 aliphatic heterocycles. The lowest BCUT2D eigenvalue weighted by atomic mass is 10.1. The van der Waals surface area contributed by atoms with Gasteiger partial charge in [-0.15, -0.1) is 0 Å². The van der Waals surface area contributed by atoms with Crippen LogP contribution in [0.25, 0.3) is 0 Å². The van der Waals surface area contributed by atoms with Crippen LogP contribution in [0, 0.1) is 23.1 Å². The second-order valence-electron chi connectivity index (χ2n) is 3.84. The maximum Gasteiger partial charge on any atom is 0.126 e. The van der Waals surface area contributed by atoms with Crippen LogP contribution in [0.2, 0.25) is 0 Å². The molecule has 0 bridgehead atoms. The highest BCUT2D eigenvalue weighted by Gasteiger charge is 2.03. The number of aliphatic hydroxyl groups is 1. The Morgan fingerprint density at radius 1 is 1.50 bits per heavy atom. The molecule has 0 amide bonds. The van der Waals surface area contributed by atoms with Crippen molar-refractivity contribution >= 4 is 5.69 Å². The quantitative estimate of drug-likeness (QED) is 0.802. The fourth-order valence-corrected chi connectivity index (χ4v) is 1.37. The van der Waals surface area contributed by atoms with Crippen LogP contribution < -0.4 is 5.32 Å². The predicted molar refractivity (Wildman–Crippen MR) is 60.5 cm³/mol. The van der Waals surface area contributed by atoms with Crippen molar-refractivity contribution in [1.29, 1.82) is 5.26 Å². The SMILES string of the molecule is CC(CCO)CNc1cc(F)cc(C#N)c1. The van der Waals surface area contributed by atoms with Gasteiger partial charge in [0.25, 0.3) is 0 Å². The van der Waals surface area contributed by atoms with Crippen molar-refractivity contribution in [2.24, 2.45) is 5.92 Å². The van der Waals surface area contributed by atoms with Crippen LogP contribution in [-0.2, 0) is 0 Å². The van der Waals surface area contributed by atoms with Gasteiger partial charge < -0.3 is 10.4 Å². The lowest BCUT2D eigenvalue weighted by molar-refractivity contribution is 0.266. The van der Waals surface area contributed by atoms with Crippen molar-refractivity contribution < 1.29 is 9.50 Å². The number of nitrogens with one attached hydrogen (secondary N) is 1. The Labute approximate surface area is 94.5 Å². The molecule has 1 aromatic carbocycles. The molecule has 0 spiro atoms. The lowest BCUT2D eigenvalue weighted by Gasteiger charge is -2.12. The zero-order valence-corrected chi connectivity index (χ0v) is 9.20. The van der Waals surface area contributed by atoms with E-state index >= 15 is 0 Å². The first-order valence-corrected chi connectivity index (χ1v) is 5.21. The smallest absolute Gasteiger partial charge is 0.126 e. The van der Waals surface area contributed by atoms with Gasteiger partial charge in [0, 0.05) is 18.8 Å². The number of anilines is 1. The number of benzene rings is 1. The second kappa shape index (κ2) is 6.09. The summed E-state index contributed by atoms with van der Waals surface area (Å²) in [4.78, 5) is 0. The van der Waals surface area contributed by atoms with Crippen LogP contribution >= 0.6 is 0 Å². The molecule has 2 N–H and O–H groups in total. The number of halogens is 1. The summed E-state index contributed by atoms with van der Waals surface area (Å²) in [5.41, 5.74) is 0.902. The van der Waals surface area contributed by atoms with Gasteiger partial charge in [-0.25, -0.2) is 4.39 Å². The standard InChI is InChI=1S/C12H15FN2O/c1-9(2-3-16)8-15-12-5-10(7-14)4-11(13)6-12/h4-6,9,15-16H,2-3,8H2,1H3. The zero-order chi connectivity index (χ0) is 12.0. The minimum atomic E-state index is -0.420. The first-order valence-electron chi connectivity index (χ1n) is 5.21. The third kappa shape index (κ3) is 3.87. The summed E-state index contributed by atoms with van der Waals surface area (Å²) >= 11 is 0. The van der Waals surface area contributed by atoms with Gasteiger partial charge in [0.2, 0.25) is 0 Å². The molecule has 4 heteroatoms.